The van der Waals surface area contributed by atoms with Gasteiger partial charge in [0.15, 0.2) is 0 Å². The molecule has 0 amide bonds. The topological polar surface area (TPSA) is 0 Å². The molecule has 0 saturated heterocycles. The zero-order valence-corrected chi connectivity index (χ0v) is 11.9. The lowest BCUT2D eigenvalue weighted by Crippen LogP contribution is -2.10. The van der Waals surface area contributed by atoms with Crippen LogP contribution in [0.15, 0.2) is 48.5 Å². The average molecular weight is 248 g/mol. The van der Waals surface area contributed by atoms with Crippen molar-refractivity contribution in [3.05, 3.63) is 65.2 Å². The minimum atomic E-state index is 0.198. The maximum atomic E-state index is 2.34. The molecule has 96 valence electrons. The van der Waals surface area contributed by atoms with Gasteiger partial charge in [0.1, 0.15) is 0 Å². The number of allylic oxidation sites excluding steroid dienone is 1. The van der Waals surface area contributed by atoms with Crippen molar-refractivity contribution in [1.82, 2.24) is 0 Å². The van der Waals surface area contributed by atoms with Gasteiger partial charge >= 0.3 is 0 Å². The minimum absolute atomic E-state index is 0.198. The highest BCUT2D eigenvalue weighted by Crippen LogP contribution is 2.33. The molecule has 0 radical (unpaired) electrons. The van der Waals surface area contributed by atoms with Crippen molar-refractivity contribution in [2.75, 3.05) is 0 Å². The Morgan fingerprint density at radius 1 is 0.947 bits per heavy atom. The highest BCUT2D eigenvalue weighted by atomic mass is 14.2. The fourth-order valence-corrected chi connectivity index (χ4v) is 2.70. The van der Waals surface area contributed by atoms with E-state index in [4.69, 9.17) is 0 Å². The van der Waals surface area contributed by atoms with E-state index in [1.165, 1.54) is 27.8 Å². The molecule has 0 heterocycles. The molecule has 0 aromatic heterocycles. The molecule has 0 fully saturated rings. The molecule has 0 nitrogen and oxygen atoms in total. The average Bonchev–Trinajstić information content (AvgIpc) is 2.86. The molecule has 0 heteroatoms. The standard InChI is InChI=1S/C19H20/c1-19(2,3)16-10-4-9-15(13-16)18-12-6-8-14-7-5-11-17(14)18/h4-6,8-13H,7H2,1-3H3. The SMILES string of the molecule is CC(C)(C)c1cccc(-c2cccc3c2C=CC3)c1. The van der Waals surface area contributed by atoms with E-state index in [0.29, 0.717) is 0 Å². The highest BCUT2D eigenvalue weighted by Gasteiger charge is 2.16. The first-order valence-electron chi connectivity index (χ1n) is 6.95. The first-order valence-corrected chi connectivity index (χ1v) is 6.95. The van der Waals surface area contributed by atoms with Crippen LogP contribution in [0.1, 0.15) is 37.5 Å². The van der Waals surface area contributed by atoms with Crippen LogP contribution in [-0.2, 0) is 11.8 Å². The molecule has 19 heavy (non-hydrogen) atoms. The van der Waals surface area contributed by atoms with Gasteiger partial charge in [-0.3, -0.25) is 0 Å². The fourth-order valence-electron chi connectivity index (χ4n) is 2.70. The zero-order valence-electron chi connectivity index (χ0n) is 11.9. The first-order chi connectivity index (χ1) is 9.05. The van der Waals surface area contributed by atoms with Gasteiger partial charge in [0.05, 0.1) is 0 Å². The van der Waals surface area contributed by atoms with Crippen molar-refractivity contribution in [2.24, 2.45) is 0 Å². The number of hydrogen-bond donors (Lipinski definition) is 0. The third-order valence-electron chi connectivity index (χ3n) is 3.86. The summed E-state index contributed by atoms with van der Waals surface area (Å²) in [4.78, 5) is 0. The van der Waals surface area contributed by atoms with E-state index < -0.39 is 0 Å². The third kappa shape index (κ3) is 2.23. The quantitative estimate of drug-likeness (QED) is 0.649. The molecule has 3 rings (SSSR count). The van der Waals surface area contributed by atoms with Crippen molar-refractivity contribution in [1.29, 1.82) is 0 Å². The summed E-state index contributed by atoms with van der Waals surface area (Å²) in [6.45, 7) is 6.80. The summed E-state index contributed by atoms with van der Waals surface area (Å²) in [6, 6.07) is 15.6. The van der Waals surface area contributed by atoms with Crippen LogP contribution >= 0.6 is 0 Å². The summed E-state index contributed by atoms with van der Waals surface area (Å²) in [5.74, 6) is 0. The number of fused-ring (bicyclic) bond motifs is 1. The van der Waals surface area contributed by atoms with Crippen LogP contribution in [0, 0.1) is 0 Å². The lowest BCUT2D eigenvalue weighted by atomic mass is 9.85. The Morgan fingerprint density at radius 3 is 2.53 bits per heavy atom. The molecule has 0 N–H and O–H groups in total. The number of rotatable bonds is 1. The van der Waals surface area contributed by atoms with E-state index in [2.05, 4.69) is 75.4 Å². The molecule has 2 aromatic rings. The van der Waals surface area contributed by atoms with E-state index in [0.717, 1.165) is 6.42 Å². The molecule has 0 saturated carbocycles. The van der Waals surface area contributed by atoms with Crippen molar-refractivity contribution in [3.8, 4) is 11.1 Å². The van der Waals surface area contributed by atoms with Crippen molar-refractivity contribution in [3.63, 3.8) is 0 Å². The molecule has 1 aliphatic carbocycles. The van der Waals surface area contributed by atoms with Crippen molar-refractivity contribution >= 4 is 6.08 Å². The fraction of sp³-hybridized carbons (Fsp3) is 0.263. The maximum Gasteiger partial charge on any atom is -0.00879 e. The van der Waals surface area contributed by atoms with Gasteiger partial charge in [0, 0.05) is 0 Å². The van der Waals surface area contributed by atoms with E-state index in [1.54, 1.807) is 0 Å². The van der Waals surface area contributed by atoms with E-state index in [9.17, 15) is 0 Å². The van der Waals surface area contributed by atoms with Gasteiger partial charge in [-0.05, 0) is 39.7 Å². The predicted octanol–water partition coefficient (Wildman–Crippen LogP) is 5.22. The Hall–Kier alpha value is -1.82. The molecule has 0 unspecified atom stereocenters. The van der Waals surface area contributed by atoms with E-state index >= 15 is 0 Å². The van der Waals surface area contributed by atoms with Crippen LogP contribution in [-0.4, -0.2) is 0 Å². The molecule has 0 spiro atoms. The van der Waals surface area contributed by atoms with Gasteiger partial charge in [-0.15, -0.1) is 0 Å². The van der Waals surface area contributed by atoms with Crippen LogP contribution in [0.3, 0.4) is 0 Å². The maximum absolute atomic E-state index is 2.34. The highest BCUT2D eigenvalue weighted by molar-refractivity contribution is 5.79. The number of hydrogen-bond acceptors (Lipinski definition) is 0. The van der Waals surface area contributed by atoms with Crippen LogP contribution in [0.5, 0.6) is 0 Å². The molecular weight excluding hydrogens is 228 g/mol. The van der Waals surface area contributed by atoms with Gasteiger partial charge in [0.25, 0.3) is 0 Å². The second-order valence-corrected chi connectivity index (χ2v) is 6.32. The zero-order chi connectivity index (χ0) is 13.5. The van der Waals surface area contributed by atoms with Crippen molar-refractivity contribution < 1.29 is 0 Å². The van der Waals surface area contributed by atoms with Crippen LogP contribution in [0.2, 0.25) is 0 Å². The second-order valence-electron chi connectivity index (χ2n) is 6.32. The Kier molecular flexibility index (Phi) is 2.82. The Morgan fingerprint density at radius 2 is 1.74 bits per heavy atom. The summed E-state index contributed by atoms with van der Waals surface area (Å²) in [5.41, 5.74) is 7.12. The number of benzene rings is 2. The summed E-state index contributed by atoms with van der Waals surface area (Å²) in [6.07, 6.45) is 5.58. The largest absolute Gasteiger partial charge is 0.0795 e. The van der Waals surface area contributed by atoms with Gasteiger partial charge in [-0.1, -0.05) is 75.4 Å². The monoisotopic (exact) mass is 248 g/mol. The second kappa shape index (κ2) is 4.38. The molecule has 0 atom stereocenters. The van der Waals surface area contributed by atoms with Crippen LogP contribution in [0.4, 0.5) is 0 Å². The van der Waals surface area contributed by atoms with Gasteiger partial charge in [-0.25, -0.2) is 0 Å². The Bertz CT molecular complexity index is 639. The van der Waals surface area contributed by atoms with Gasteiger partial charge in [0.2, 0.25) is 0 Å². The molecular formula is C19H20. The molecule has 0 bridgehead atoms. The first kappa shape index (κ1) is 12.2. The van der Waals surface area contributed by atoms with E-state index in [1.807, 2.05) is 0 Å². The summed E-state index contributed by atoms with van der Waals surface area (Å²) >= 11 is 0. The van der Waals surface area contributed by atoms with E-state index in [-0.39, 0.29) is 5.41 Å². The molecule has 0 aliphatic heterocycles. The summed E-state index contributed by atoms with van der Waals surface area (Å²) in [5, 5.41) is 0. The lowest BCUT2D eigenvalue weighted by molar-refractivity contribution is 0.590. The molecule has 1 aliphatic rings. The summed E-state index contributed by atoms with van der Waals surface area (Å²) in [7, 11) is 0. The smallest absolute Gasteiger partial charge is 0.00879 e. The Labute approximate surface area is 115 Å². The van der Waals surface area contributed by atoms with Crippen LogP contribution in [0.25, 0.3) is 17.2 Å². The van der Waals surface area contributed by atoms with Gasteiger partial charge in [-0.2, -0.15) is 0 Å². The predicted molar refractivity (Wildman–Crippen MR) is 83.3 cm³/mol. The minimum Gasteiger partial charge on any atom is -0.0795 e. The van der Waals surface area contributed by atoms with Gasteiger partial charge < -0.3 is 0 Å². The third-order valence-corrected chi connectivity index (χ3v) is 3.86. The normalized spacial score (nSPS) is 13.6. The van der Waals surface area contributed by atoms with Crippen LogP contribution < -0.4 is 0 Å². The Balaban J connectivity index is 2.14. The lowest BCUT2D eigenvalue weighted by Gasteiger charge is -2.20. The summed E-state index contributed by atoms with van der Waals surface area (Å²) < 4.78 is 0. The van der Waals surface area contributed by atoms with Crippen molar-refractivity contribution in [2.45, 2.75) is 32.6 Å². The molecule has 2 aromatic carbocycles.